The molecule has 7 rings (SSSR count). The summed E-state index contributed by atoms with van der Waals surface area (Å²) >= 11 is 6.60. The molecule has 4 heterocycles. The molecule has 1 unspecified atom stereocenters. The zero-order valence-electron chi connectivity index (χ0n) is 27.1. The Morgan fingerprint density at radius 2 is 1.83 bits per heavy atom. The highest BCUT2D eigenvalue weighted by Crippen LogP contribution is 2.43. The molecular weight excluding hydrogens is 625 g/mol. The summed E-state index contributed by atoms with van der Waals surface area (Å²) in [6, 6.07) is 10.3. The third kappa shape index (κ3) is 6.65. The zero-order chi connectivity index (χ0) is 32.9. The summed E-state index contributed by atoms with van der Waals surface area (Å²) in [7, 11) is 0. The number of morpholine rings is 1. The standard InChI is InChI=1S/C35H41ClFN5O5/c1-35(2,3)47-34(44)40-12-13-41-30(20-40)38-28-10-11-42(32(33(28)41)25-8-6-23(18-27(25)37)22-4-5-22)31(43)21-46-29-9-7-24(19-26(29)36)39-14-16-45-17-15-39/h6-9,18-19,22,32H,4-5,10-17,20-21H2,1-3H3. The molecule has 1 saturated carbocycles. The van der Waals surface area contributed by atoms with Crippen LogP contribution in [-0.2, 0) is 33.8 Å². The number of ether oxygens (including phenoxy) is 3. The van der Waals surface area contributed by atoms with E-state index >= 15 is 4.39 Å². The second-order valence-electron chi connectivity index (χ2n) is 13.7. The predicted molar refractivity (Wildman–Crippen MR) is 174 cm³/mol. The number of benzene rings is 2. The molecule has 0 N–H and O–H groups in total. The Labute approximate surface area is 279 Å². The van der Waals surface area contributed by atoms with Gasteiger partial charge in [0.2, 0.25) is 0 Å². The third-order valence-corrected chi connectivity index (χ3v) is 9.53. The average molecular weight is 666 g/mol. The summed E-state index contributed by atoms with van der Waals surface area (Å²) in [6.07, 6.45) is 2.23. The van der Waals surface area contributed by atoms with Gasteiger partial charge in [-0.2, -0.15) is 0 Å². The largest absolute Gasteiger partial charge is 0.482 e. The minimum atomic E-state index is -0.698. The van der Waals surface area contributed by atoms with Gasteiger partial charge in [0.05, 0.1) is 36.2 Å². The van der Waals surface area contributed by atoms with Crippen molar-refractivity contribution >= 4 is 29.3 Å². The lowest BCUT2D eigenvalue weighted by atomic mass is 9.93. The smallest absolute Gasteiger partial charge is 0.410 e. The topological polar surface area (TPSA) is 89.4 Å². The molecule has 47 heavy (non-hydrogen) atoms. The number of hydrogen-bond donors (Lipinski definition) is 0. The van der Waals surface area contributed by atoms with Crippen LogP contribution in [0.1, 0.15) is 73.9 Å². The molecule has 2 aromatic carbocycles. The number of aromatic nitrogens is 2. The highest BCUT2D eigenvalue weighted by atomic mass is 35.5. The van der Waals surface area contributed by atoms with Crippen molar-refractivity contribution < 1.29 is 28.2 Å². The molecule has 0 spiro atoms. The van der Waals surface area contributed by atoms with Crippen LogP contribution in [0, 0.1) is 5.82 Å². The number of nitrogens with zero attached hydrogens (tertiary/aromatic N) is 5. The second kappa shape index (κ2) is 12.6. The van der Waals surface area contributed by atoms with E-state index in [9.17, 15) is 9.59 Å². The van der Waals surface area contributed by atoms with E-state index in [4.69, 9.17) is 30.8 Å². The lowest BCUT2D eigenvalue weighted by molar-refractivity contribution is -0.135. The number of imidazole rings is 1. The molecule has 2 fully saturated rings. The highest BCUT2D eigenvalue weighted by Gasteiger charge is 2.40. The fourth-order valence-electron chi connectivity index (χ4n) is 6.75. The van der Waals surface area contributed by atoms with Gasteiger partial charge in [-0.05, 0) is 69.4 Å². The fraction of sp³-hybridized carbons (Fsp3) is 0.514. The minimum absolute atomic E-state index is 0.252. The van der Waals surface area contributed by atoms with Gasteiger partial charge in [0.15, 0.2) is 6.61 Å². The Balaban J connectivity index is 1.15. The molecular formula is C35H41ClFN5O5. The molecule has 250 valence electrons. The summed E-state index contributed by atoms with van der Waals surface area (Å²) in [4.78, 5) is 37.3. The first kappa shape index (κ1) is 31.8. The van der Waals surface area contributed by atoms with E-state index in [0.29, 0.717) is 67.3 Å². The van der Waals surface area contributed by atoms with Crippen molar-refractivity contribution in [1.82, 2.24) is 19.4 Å². The van der Waals surface area contributed by atoms with Crippen molar-refractivity contribution in [2.75, 3.05) is 50.9 Å². The molecule has 4 aliphatic rings. The van der Waals surface area contributed by atoms with Gasteiger partial charge in [0.1, 0.15) is 29.0 Å². The predicted octanol–water partition coefficient (Wildman–Crippen LogP) is 5.69. The number of carbonyl (C=O) groups is 2. The van der Waals surface area contributed by atoms with Crippen molar-refractivity contribution in [3.05, 3.63) is 75.6 Å². The Hall–Kier alpha value is -3.83. The summed E-state index contributed by atoms with van der Waals surface area (Å²) in [5, 5.41) is 0.417. The van der Waals surface area contributed by atoms with Crippen molar-refractivity contribution in [2.45, 2.75) is 70.7 Å². The average Bonchev–Trinajstić information content (AvgIpc) is 3.83. The summed E-state index contributed by atoms with van der Waals surface area (Å²) in [5.41, 5.74) is 3.37. The van der Waals surface area contributed by atoms with Crippen molar-refractivity contribution in [2.24, 2.45) is 0 Å². The molecule has 0 radical (unpaired) electrons. The lowest BCUT2D eigenvalue weighted by Crippen LogP contribution is -2.45. The van der Waals surface area contributed by atoms with Crippen LogP contribution in [0.25, 0.3) is 0 Å². The number of anilines is 1. The van der Waals surface area contributed by atoms with Crippen LogP contribution >= 0.6 is 11.6 Å². The Bertz CT molecular complexity index is 1680. The molecule has 1 atom stereocenters. The Morgan fingerprint density at radius 1 is 1.04 bits per heavy atom. The normalized spacial score (nSPS) is 19.7. The van der Waals surface area contributed by atoms with Crippen LogP contribution in [0.4, 0.5) is 14.9 Å². The summed E-state index contributed by atoms with van der Waals surface area (Å²) in [5.74, 6) is 0.892. The van der Waals surface area contributed by atoms with E-state index in [1.165, 1.54) is 0 Å². The fourth-order valence-corrected chi connectivity index (χ4v) is 6.98. The van der Waals surface area contributed by atoms with E-state index in [2.05, 4.69) is 9.47 Å². The van der Waals surface area contributed by atoms with E-state index in [0.717, 1.165) is 48.6 Å². The maximum absolute atomic E-state index is 16.0. The molecule has 1 aromatic heterocycles. The first-order valence-electron chi connectivity index (χ1n) is 16.5. The molecule has 1 aliphatic carbocycles. The number of halogens is 2. The summed E-state index contributed by atoms with van der Waals surface area (Å²) in [6.45, 7) is 9.64. The molecule has 0 bridgehead atoms. The van der Waals surface area contributed by atoms with Crippen molar-refractivity contribution in [1.29, 1.82) is 0 Å². The lowest BCUT2D eigenvalue weighted by Gasteiger charge is -2.38. The molecule has 12 heteroatoms. The molecule has 3 aliphatic heterocycles. The first-order chi connectivity index (χ1) is 22.6. The van der Waals surface area contributed by atoms with Crippen LogP contribution in [0.5, 0.6) is 5.75 Å². The van der Waals surface area contributed by atoms with Crippen molar-refractivity contribution in [3.63, 3.8) is 0 Å². The van der Waals surface area contributed by atoms with Crippen LogP contribution in [0.15, 0.2) is 36.4 Å². The van der Waals surface area contributed by atoms with Crippen LogP contribution in [-0.4, -0.2) is 83.0 Å². The minimum Gasteiger partial charge on any atom is -0.482 e. The Kier molecular flexibility index (Phi) is 8.55. The van der Waals surface area contributed by atoms with Gasteiger partial charge >= 0.3 is 6.09 Å². The SMILES string of the molecule is CC(C)(C)OC(=O)N1CCn2c(nc3c2C(c2ccc(C4CC4)cc2F)N(C(=O)COc2ccc(N4CCOCC4)cc2Cl)CC3)C1. The van der Waals surface area contributed by atoms with Crippen molar-refractivity contribution in [3.8, 4) is 5.75 Å². The zero-order valence-corrected chi connectivity index (χ0v) is 27.9. The van der Waals surface area contributed by atoms with Gasteiger partial charge in [0.25, 0.3) is 5.91 Å². The van der Waals surface area contributed by atoms with Crippen LogP contribution < -0.4 is 9.64 Å². The Morgan fingerprint density at radius 3 is 2.53 bits per heavy atom. The third-order valence-electron chi connectivity index (χ3n) is 9.23. The quantitative estimate of drug-likeness (QED) is 0.334. The van der Waals surface area contributed by atoms with Crippen LogP contribution in [0.3, 0.4) is 0 Å². The van der Waals surface area contributed by atoms with E-state index < -0.39 is 17.7 Å². The monoisotopic (exact) mass is 665 g/mol. The number of carbonyl (C=O) groups excluding carboxylic acids is 2. The van der Waals surface area contributed by atoms with Gasteiger partial charge in [-0.3, -0.25) is 9.69 Å². The number of hydrogen-bond acceptors (Lipinski definition) is 7. The number of amides is 2. The summed E-state index contributed by atoms with van der Waals surface area (Å²) < 4.78 is 35.1. The maximum Gasteiger partial charge on any atom is 0.410 e. The number of fused-ring (bicyclic) bond motifs is 3. The van der Waals surface area contributed by atoms with E-state index in [1.807, 2.05) is 45.0 Å². The van der Waals surface area contributed by atoms with Gasteiger partial charge in [0, 0.05) is 50.4 Å². The second-order valence-corrected chi connectivity index (χ2v) is 14.1. The van der Waals surface area contributed by atoms with E-state index in [-0.39, 0.29) is 24.9 Å². The van der Waals surface area contributed by atoms with E-state index in [1.54, 1.807) is 21.9 Å². The number of rotatable bonds is 6. The van der Waals surface area contributed by atoms with Gasteiger partial charge in [-0.25, -0.2) is 14.2 Å². The molecule has 3 aromatic rings. The van der Waals surface area contributed by atoms with Gasteiger partial charge in [-0.15, -0.1) is 0 Å². The molecule has 1 saturated heterocycles. The molecule has 10 nitrogen and oxygen atoms in total. The van der Waals surface area contributed by atoms with Crippen LogP contribution in [0.2, 0.25) is 5.02 Å². The molecule has 2 amide bonds. The highest BCUT2D eigenvalue weighted by molar-refractivity contribution is 6.32. The maximum atomic E-state index is 16.0. The first-order valence-corrected chi connectivity index (χ1v) is 16.8. The van der Waals surface area contributed by atoms with Gasteiger partial charge < -0.3 is 28.6 Å². The van der Waals surface area contributed by atoms with Gasteiger partial charge in [-0.1, -0.05) is 23.7 Å².